The summed E-state index contributed by atoms with van der Waals surface area (Å²) in [5, 5.41) is 0. The van der Waals surface area contributed by atoms with Crippen LogP contribution in [0.2, 0.25) is 0 Å². The first kappa shape index (κ1) is 15.3. The van der Waals surface area contributed by atoms with E-state index in [4.69, 9.17) is 15.2 Å². The second-order valence-corrected chi connectivity index (χ2v) is 5.29. The summed E-state index contributed by atoms with van der Waals surface area (Å²) in [4.78, 5) is 0. The number of benzene rings is 2. The average Bonchev–Trinajstić information content (AvgIpc) is 2.48. The highest BCUT2D eigenvalue weighted by Gasteiger charge is 2.24. The van der Waals surface area contributed by atoms with Crippen LogP contribution in [0.3, 0.4) is 0 Å². The van der Waals surface area contributed by atoms with Crippen molar-refractivity contribution in [3.05, 3.63) is 59.4 Å². The lowest BCUT2D eigenvalue weighted by Crippen LogP contribution is -2.35. The lowest BCUT2D eigenvalue weighted by atomic mass is 9.86. The van der Waals surface area contributed by atoms with Crippen LogP contribution in [-0.2, 0) is 12.0 Å². The van der Waals surface area contributed by atoms with Crippen LogP contribution in [0.15, 0.2) is 42.5 Å². The second kappa shape index (κ2) is 6.14. The number of methoxy groups -OCH3 is 2. The van der Waals surface area contributed by atoms with E-state index in [9.17, 15) is 4.39 Å². The molecule has 2 aromatic carbocycles. The fourth-order valence-electron chi connectivity index (χ4n) is 2.28. The Kier molecular flexibility index (Phi) is 4.48. The van der Waals surface area contributed by atoms with Crippen molar-refractivity contribution in [1.82, 2.24) is 0 Å². The molecule has 3 nitrogen and oxygen atoms in total. The Hall–Kier alpha value is -2.07. The highest BCUT2D eigenvalue weighted by Crippen LogP contribution is 2.31. The zero-order valence-electron chi connectivity index (χ0n) is 12.5. The summed E-state index contributed by atoms with van der Waals surface area (Å²) in [5.74, 6) is 1.08. The van der Waals surface area contributed by atoms with E-state index >= 15 is 0 Å². The normalized spacial score (nSPS) is 13.6. The zero-order chi connectivity index (χ0) is 15.5. The maximum atomic E-state index is 13.8. The van der Waals surface area contributed by atoms with Crippen molar-refractivity contribution in [2.45, 2.75) is 18.9 Å². The topological polar surface area (TPSA) is 44.5 Å². The largest absolute Gasteiger partial charge is 0.497 e. The molecule has 4 heteroatoms. The van der Waals surface area contributed by atoms with E-state index in [1.165, 1.54) is 6.07 Å². The standard InChI is InChI=1S/C17H20FNO2/c1-17(19,11-12-6-4-5-7-16(12)18)13-8-14(20-2)10-15(9-13)21-3/h4-10H,11,19H2,1-3H3. The molecule has 0 aliphatic heterocycles. The summed E-state index contributed by atoms with van der Waals surface area (Å²) in [5.41, 5.74) is 7.10. The summed E-state index contributed by atoms with van der Waals surface area (Å²) in [6.07, 6.45) is 0.385. The van der Waals surface area contributed by atoms with Crippen LogP contribution in [0.1, 0.15) is 18.1 Å². The SMILES string of the molecule is COc1cc(OC)cc(C(C)(N)Cc2ccccc2F)c1. The Balaban J connectivity index is 2.37. The van der Waals surface area contributed by atoms with Crippen molar-refractivity contribution in [2.75, 3.05) is 14.2 Å². The fraction of sp³-hybridized carbons (Fsp3) is 0.294. The van der Waals surface area contributed by atoms with Crippen molar-refractivity contribution in [3.8, 4) is 11.5 Å². The van der Waals surface area contributed by atoms with E-state index in [1.54, 1.807) is 38.5 Å². The minimum absolute atomic E-state index is 0.246. The van der Waals surface area contributed by atoms with Crippen LogP contribution in [0.4, 0.5) is 4.39 Å². The molecule has 0 radical (unpaired) electrons. The van der Waals surface area contributed by atoms with Crippen LogP contribution in [0.5, 0.6) is 11.5 Å². The average molecular weight is 289 g/mol. The van der Waals surface area contributed by atoms with Crippen molar-refractivity contribution < 1.29 is 13.9 Å². The van der Waals surface area contributed by atoms with Gasteiger partial charge < -0.3 is 15.2 Å². The molecular formula is C17H20FNO2. The molecule has 1 unspecified atom stereocenters. The van der Waals surface area contributed by atoms with E-state index in [0.29, 0.717) is 23.5 Å². The third-order valence-electron chi connectivity index (χ3n) is 3.53. The molecule has 0 saturated heterocycles. The molecule has 0 spiro atoms. The summed E-state index contributed by atoms with van der Waals surface area (Å²) in [6.45, 7) is 1.87. The first-order valence-corrected chi connectivity index (χ1v) is 6.72. The highest BCUT2D eigenvalue weighted by molar-refractivity contribution is 5.42. The molecule has 1 atom stereocenters. The van der Waals surface area contributed by atoms with Gasteiger partial charge in [0.2, 0.25) is 0 Å². The fourth-order valence-corrected chi connectivity index (χ4v) is 2.28. The van der Waals surface area contributed by atoms with Crippen molar-refractivity contribution >= 4 is 0 Å². The molecular weight excluding hydrogens is 269 g/mol. The Morgan fingerprint density at radius 1 is 1.05 bits per heavy atom. The molecule has 0 fully saturated rings. The maximum absolute atomic E-state index is 13.8. The maximum Gasteiger partial charge on any atom is 0.126 e. The van der Waals surface area contributed by atoms with Crippen LogP contribution < -0.4 is 15.2 Å². The Labute approximate surface area is 124 Å². The van der Waals surface area contributed by atoms with Gasteiger partial charge in [-0.05, 0) is 42.7 Å². The highest BCUT2D eigenvalue weighted by atomic mass is 19.1. The molecule has 0 heterocycles. The van der Waals surface area contributed by atoms with Crippen LogP contribution in [0.25, 0.3) is 0 Å². The van der Waals surface area contributed by atoms with Gasteiger partial charge in [-0.15, -0.1) is 0 Å². The first-order chi connectivity index (χ1) is 9.96. The smallest absolute Gasteiger partial charge is 0.126 e. The number of ether oxygens (including phenoxy) is 2. The van der Waals surface area contributed by atoms with Crippen molar-refractivity contribution in [1.29, 1.82) is 0 Å². The second-order valence-electron chi connectivity index (χ2n) is 5.29. The molecule has 2 aromatic rings. The van der Waals surface area contributed by atoms with Gasteiger partial charge in [-0.25, -0.2) is 4.39 Å². The molecule has 0 aromatic heterocycles. The van der Waals surface area contributed by atoms with Crippen LogP contribution in [0, 0.1) is 5.82 Å². The lowest BCUT2D eigenvalue weighted by molar-refractivity contribution is 0.388. The summed E-state index contributed by atoms with van der Waals surface area (Å²) >= 11 is 0. The summed E-state index contributed by atoms with van der Waals surface area (Å²) < 4.78 is 24.3. The van der Waals surface area contributed by atoms with Gasteiger partial charge in [-0.3, -0.25) is 0 Å². The molecule has 21 heavy (non-hydrogen) atoms. The molecule has 2 rings (SSSR count). The predicted molar refractivity (Wildman–Crippen MR) is 81.2 cm³/mol. The van der Waals surface area contributed by atoms with Gasteiger partial charge >= 0.3 is 0 Å². The van der Waals surface area contributed by atoms with Gasteiger partial charge in [0, 0.05) is 11.6 Å². The molecule has 0 amide bonds. The number of hydrogen-bond donors (Lipinski definition) is 1. The third-order valence-corrected chi connectivity index (χ3v) is 3.53. The number of rotatable bonds is 5. The monoisotopic (exact) mass is 289 g/mol. The van der Waals surface area contributed by atoms with Gasteiger partial charge in [0.15, 0.2) is 0 Å². The predicted octanol–water partition coefficient (Wildman–Crippen LogP) is 3.26. The third kappa shape index (κ3) is 3.52. The van der Waals surface area contributed by atoms with E-state index in [0.717, 1.165) is 5.56 Å². The minimum atomic E-state index is -0.732. The number of hydrogen-bond acceptors (Lipinski definition) is 3. The Bertz CT molecular complexity index is 604. The molecule has 0 aliphatic rings. The Morgan fingerprint density at radius 2 is 1.62 bits per heavy atom. The van der Waals surface area contributed by atoms with Gasteiger partial charge in [0.25, 0.3) is 0 Å². The first-order valence-electron chi connectivity index (χ1n) is 6.72. The molecule has 0 aliphatic carbocycles. The van der Waals surface area contributed by atoms with Gasteiger partial charge in [0.05, 0.1) is 14.2 Å². The van der Waals surface area contributed by atoms with Crippen molar-refractivity contribution in [2.24, 2.45) is 5.73 Å². The van der Waals surface area contributed by atoms with E-state index in [1.807, 2.05) is 19.1 Å². The molecule has 2 N–H and O–H groups in total. The minimum Gasteiger partial charge on any atom is -0.497 e. The van der Waals surface area contributed by atoms with Crippen LogP contribution in [-0.4, -0.2) is 14.2 Å². The number of nitrogens with two attached hydrogens (primary N) is 1. The quantitative estimate of drug-likeness (QED) is 0.919. The van der Waals surface area contributed by atoms with E-state index in [2.05, 4.69) is 0 Å². The van der Waals surface area contributed by atoms with Crippen molar-refractivity contribution in [3.63, 3.8) is 0 Å². The molecule has 0 bridgehead atoms. The van der Waals surface area contributed by atoms with Crippen LogP contribution >= 0.6 is 0 Å². The summed E-state index contributed by atoms with van der Waals surface area (Å²) in [6, 6.07) is 12.1. The van der Waals surface area contributed by atoms with E-state index < -0.39 is 5.54 Å². The van der Waals surface area contributed by atoms with E-state index in [-0.39, 0.29) is 5.82 Å². The zero-order valence-corrected chi connectivity index (χ0v) is 12.5. The Morgan fingerprint density at radius 3 is 2.14 bits per heavy atom. The lowest BCUT2D eigenvalue weighted by Gasteiger charge is -2.26. The summed E-state index contributed by atoms with van der Waals surface area (Å²) in [7, 11) is 3.17. The van der Waals surface area contributed by atoms with Gasteiger partial charge in [-0.1, -0.05) is 18.2 Å². The molecule has 0 saturated carbocycles. The van der Waals surface area contributed by atoms with Gasteiger partial charge in [0.1, 0.15) is 17.3 Å². The number of halogens is 1. The molecule has 112 valence electrons. The van der Waals surface area contributed by atoms with Gasteiger partial charge in [-0.2, -0.15) is 0 Å².